The first kappa shape index (κ1) is 18.2. The second-order valence-corrected chi connectivity index (χ2v) is 6.78. The Morgan fingerprint density at radius 3 is 2.65 bits per heavy atom. The van der Waals surface area contributed by atoms with E-state index in [0.717, 1.165) is 0 Å². The minimum Gasteiger partial charge on any atom is -0.507 e. The van der Waals surface area contributed by atoms with Gasteiger partial charge in [-0.15, -0.1) is 0 Å². The average Bonchev–Trinajstić information content (AvgIpc) is 3.03. The van der Waals surface area contributed by atoms with Gasteiger partial charge in [-0.05, 0) is 52.4 Å². The highest BCUT2D eigenvalue weighted by atomic mass is 127. The third kappa shape index (κ3) is 3.79. The first-order valence-corrected chi connectivity index (χ1v) is 8.62. The third-order valence-electron chi connectivity index (χ3n) is 3.79. The molecular weight excluding hydrogens is 456 g/mol. The molecule has 8 heteroatoms. The van der Waals surface area contributed by atoms with Crippen molar-refractivity contribution < 1.29 is 28.6 Å². The summed E-state index contributed by atoms with van der Waals surface area (Å²) in [4.78, 5) is 23.8. The number of fused-ring (bicyclic) bond motifs is 1. The van der Waals surface area contributed by atoms with E-state index in [1.54, 1.807) is 12.1 Å². The molecule has 3 N–H and O–H groups in total. The van der Waals surface area contributed by atoms with E-state index < -0.39 is 23.7 Å². The quantitative estimate of drug-likeness (QED) is 0.498. The lowest BCUT2D eigenvalue weighted by Crippen LogP contribution is -2.42. The lowest BCUT2D eigenvalue weighted by atomic mass is 10.1. The van der Waals surface area contributed by atoms with E-state index in [1.807, 2.05) is 22.6 Å². The van der Waals surface area contributed by atoms with Crippen molar-refractivity contribution in [2.75, 3.05) is 0 Å². The number of carbonyl (C=O) groups is 2. The van der Waals surface area contributed by atoms with Gasteiger partial charge in [0.25, 0.3) is 5.91 Å². The summed E-state index contributed by atoms with van der Waals surface area (Å²) >= 11 is 1.92. The maximum atomic E-state index is 13.7. The van der Waals surface area contributed by atoms with Gasteiger partial charge < -0.3 is 19.9 Å². The number of halogens is 2. The number of furan rings is 1. The van der Waals surface area contributed by atoms with Gasteiger partial charge in [-0.1, -0.05) is 12.1 Å². The van der Waals surface area contributed by atoms with E-state index >= 15 is 0 Å². The molecule has 0 aliphatic heterocycles. The van der Waals surface area contributed by atoms with Gasteiger partial charge in [0.1, 0.15) is 23.2 Å². The number of nitrogens with one attached hydrogen (secondary N) is 1. The molecule has 0 spiro atoms. The molecule has 0 saturated heterocycles. The minimum atomic E-state index is -1.22. The lowest BCUT2D eigenvalue weighted by Gasteiger charge is -2.14. The predicted octanol–water partition coefficient (Wildman–Crippen LogP) is 3.31. The highest BCUT2D eigenvalue weighted by Crippen LogP contribution is 2.23. The van der Waals surface area contributed by atoms with E-state index in [2.05, 4.69) is 5.32 Å². The van der Waals surface area contributed by atoms with Crippen molar-refractivity contribution in [1.82, 2.24) is 5.32 Å². The van der Waals surface area contributed by atoms with Crippen molar-refractivity contribution in [2.24, 2.45) is 0 Å². The van der Waals surface area contributed by atoms with Gasteiger partial charge >= 0.3 is 5.97 Å². The van der Waals surface area contributed by atoms with E-state index in [9.17, 15) is 24.2 Å². The Morgan fingerprint density at radius 1 is 1.23 bits per heavy atom. The van der Waals surface area contributed by atoms with Crippen LogP contribution in [0.5, 0.6) is 5.75 Å². The lowest BCUT2D eigenvalue weighted by molar-refractivity contribution is -0.139. The number of amides is 1. The summed E-state index contributed by atoms with van der Waals surface area (Å²) in [6.45, 7) is 0. The summed E-state index contributed by atoms with van der Waals surface area (Å²) in [7, 11) is 0. The number of carbonyl (C=O) groups excluding carboxylic acids is 1. The van der Waals surface area contributed by atoms with E-state index in [-0.39, 0.29) is 28.9 Å². The second kappa shape index (κ2) is 7.32. The zero-order valence-electron chi connectivity index (χ0n) is 13.2. The number of benzene rings is 2. The largest absolute Gasteiger partial charge is 0.507 e. The molecule has 6 nitrogen and oxygen atoms in total. The molecule has 2 aromatic carbocycles. The summed E-state index contributed by atoms with van der Waals surface area (Å²) in [6.07, 6.45) is 0.0198. The monoisotopic (exact) mass is 469 g/mol. The summed E-state index contributed by atoms with van der Waals surface area (Å²) in [5.41, 5.74) is 0.839. The van der Waals surface area contributed by atoms with Gasteiger partial charge in [0, 0.05) is 12.5 Å². The highest BCUT2D eigenvalue weighted by Gasteiger charge is 2.23. The van der Waals surface area contributed by atoms with Gasteiger partial charge in [-0.25, -0.2) is 9.18 Å². The Kier molecular flexibility index (Phi) is 5.12. The van der Waals surface area contributed by atoms with Crippen LogP contribution in [-0.2, 0) is 11.2 Å². The van der Waals surface area contributed by atoms with Crippen LogP contribution in [0.1, 0.15) is 16.1 Å². The molecule has 0 fully saturated rings. The molecule has 3 rings (SSSR count). The SMILES string of the molecule is O=C(N[C@@H](Cc1ccc(O)c(I)c1)C(=O)O)c1cc2c(F)cccc2o1. The van der Waals surface area contributed by atoms with E-state index in [4.69, 9.17) is 4.42 Å². The van der Waals surface area contributed by atoms with Gasteiger partial charge in [0.05, 0.1) is 8.96 Å². The Hall–Kier alpha value is -2.62. The number of rotatable bonds is 5. The zero-order chi connectivity index (χ0) is 18.8. The number of hydrogen-bond donors (Lipinski definition) is 3. The molecule has 134 valence electrons. The molecule has 0 unspecified atom stereocenters. The second-order valence-electron chi connectivity index (χ2n) is 5.62. The van der Waals surface area contributed by atoms with Crippen LogP contribution in [0, 0.1) is 9.39 Å². The number of aromatic hydroxyl groups is 1. The fourth-order valence-electron chi connectivity index (χ4n) is 2.48. The Labute approximate surface area is 160 Å². The van der Waals surface area contributed by atoms with Crippen molar-refractivity contribution >= 4 is 45.4 Å². The zero-order valence-corrected chi connectivity index (χ0v) is 15.4. The normalized spacial score (nSPS) is 12.1. The average molecular weight is 469 g/mol. The molecule has 26 heavy (non-hydrogen) atoms. The van der Waals surface area contributed by atoms with Gasteiger partial charge in [0.2, 0.25) is 0 Å². The number of carboxylic acid groups (broad SMARTS) is 1. The molecule has 1 atom stereocenters. The Morgan fingerprint density at radius 2 is 2.00 bits per heavy atom. The smallest absolute Gasteiger partial charge is 0.326 e. The van der Waals surface area contributed by atoms with E-state index in [0.29, 0.717) is 9.13 Å². The molecular formula is C18H13FINO5. The fourth-order valence-corrected chi connectivity index (χ4v) is 3.06. The maximum absolute atomic E-state index is 13.7. The molecule has 1 amide bonds. The highest BCUT2D eigenvalue weighted by molar-refractivity contribution is 14.1. The number of phenols is 1. The van der Waals surface area contributed by atoms with Crippen LogP contribution in [0.15, 0.2) is 46.9 Å². The molecule has 0 bridgehead atoms. The van der Waals surface area contributed by atoms with Crippen LogP contribution in [0.2, 0.25) is 0 Å². The van der Waals surface area contributed by atoms with Crippen LogP contribution in [0.3, 0.4) is 0 Å². The number of phenolic OH excluding ortho intramolecular Hbond substituents is 1. The molecule has 1 heterocycles. The Bertz CT molecular complexity index is 1000. The van der Waals surface area contributed by atoms with Crippen molar-refractivity contribution in [1.29, 1.82) is 0 Å². The van der Waals surface area contributed by atoms with Crippen molar-refractivity contribution in [3.63, 3.8) is 0 Å². The molecule has 0 radical (unpaired) electrons. The van der Waals surface area contributed by atoms with Crippen molar-refractivity contribution in [3.05, 3.63) is 63.2 Å². The maximum Gasteiger partial charge on any atom is 0.326 e. The van der Waals surface area contributed by atoms with Crippen LogP contribution < -0.4 is 5.32 Å². The molecule has 3 aromatic rings. The number of carboxylic acids is 1. The standard InChI is InChI=1S/C18H13FINO5/c19-11-2-1-3-15-10(11)8-16(26-15)17(23)21-13(18(24)25)7-9-4-5-14(22)12(20)6-9/h1-6,8,13,22H,7H2,(H,21,23)(H,24,25)/t13-/m0/s1. The number of hydrogen-bond acceptors (Lipinski definition) is 4. The van der Waals surface area contributed by atoms with Crippen LogP contribution >= 0.6 is 22.6 Å². The van der Waals surface area contributed by atoms with Crippen molar-refractivity contribution in [2.45, 2.75) is 12.5 Å². The first-order chi connectivity index (χ1) is 12.3. The Balaban J connectivity index is 1.80. The summed E-state index contributed by atoms with van der Waals surface area (Å²) in [5.74, 6) is -2.57. The van der Waals surface area contributed by atoms with Crippen LogP contribution in [-0.4, -0.2) is 28.1 Å². The van der Waals surface area contributed by atoms with Gasteiger partial charge in [-0.2, -0.15) is 0 Å². The predicted molar refractivity (Wildman–Crippen MR) is 99.6 cm³/mol. The summed E-state index contributed by atoms with van der Waals surface area (Å²) in [6, 6.07) is 8.91. The molecule has 0 aliphatic rings. The summed E-state index contributed by atoms with van der Waals surface area (Å²) < 4.78 is 19.6. The molecule has 0 saturated carbocycles. The van der Waals surface area contributed by atoms with Crippen LogP contribution in [0.4, 0.5) is 4.39 Å². The molecule has 0 aliphatic carbocycles. The van der Waals surface area contributed by atoms with Crippen LogP contribution in [0.25, 0.3) is 11.0 Å². The van der Waals surface area contributed by atoms with Crippen molar-refractivity contribution in [3.8, 4) is 5.75 Å². The molecule has 1 aromatic heterocycles. The van der Waals surface area contributed by atoms with Gasteiger partial charge in [-0.3, -0.25) is 4.79 Å². The fraction of sp³-hybridized carbons (Fsp3) is 0.111. The van der Waals surface area contributed by atoms with E-state index in [1.165, 1.54) is 30.3 Å². The summed E-state index contributed by atoms with van der Waals surface area (Å²) in [5, 5.41) is 21.4. The van der Waals surface area contributed by atoms with Gasteiger partial charge in [0.15, 0.2) is 5.76 Å². The first-order valence-electron chi connectivity index (χ1n) is 7.54. The third-order valence-corrected chi connectivity index (χ3v) is 4.65. The topological polar surface area (TPSA) is 99.8 Å². The number of aliphatic carboxylic acids is 1. The minimum absolute atomic E-state index is 0.0198.